The number of likely N-dealkylation sites (N-methyl/N-ethyl adjacent to an activating group) is 1. The summed E-state index contributed by atoms with van der Waals surface area (Å²) in [7, 11) is 0. The van der Waals surface area contributed by atoms with Crippen molar-refractivity contribution in [2.24, 2.45) is 0 Å². The van der Waals surface area contributed by atoms with Gasteiger partial charge in [0, 0.05) is 35.8 Å². The third-order valence-corrected chi connectivity index (χ3v) is 5.10. The molecule has 1 aliphatic heterocycles. The normalized spacial score (nSPS) is 12.0. The minimum atomic E-state index is 0. The second-order valence-corrected chi connectivity index (χ2v) is 6.73. The number of benzene rings is 2. The van der Waals surface area contributed by atoms with E-state index < -0.39 is 0 Å². The van der Waals surface area contributed by atoms with Crippen molar-refractivity contribution >= 4 is 41.5 Å². The number of anilines is 2. The highest BCUT2D eigenvalue weighted by Crippen LogP contribution is 2.47. The minimum Gasteiger partial charge on any atom is -0.355 e. The molecule has 0 fully saturated rings. The highest BCUT2D eigenvalue weighted by atomic mass is 35.5. The Bertz CT molecular complexity index is 665. The van der Waals surface area contributed by atoms with Crippen molar-refractivity contribution in [3.05, 3.63) is 48.5 Å². The first kappa shape index (κ1) is 19.6. The van der Waals surface area contributed by atoms with E-state index in [9.17, 15) is 4.79 Å². The van der Waals surface area contributed by atoms with Crippen LogP contribution in [0.4, 0.5) is 11.4 Å². The number of nitrogens with one attached hydrogen (secondary N) is 2. The molecule has 0 saturated carbocycles. The molecule has 2 aromatic rings. The lowest BCUT2D eigenvalue weighted by molar-refractivity contribution is -0.120. The quantitative estimate of drug-likeness (QED) is 0.720. The van der Waals surface area contributed by atoms with Gasteiger partial charge in [-0.3, -0.25) is 4.79 Å². The van der Waals surface area contributed by atoms with Crippen molar-refractivity contribution in [2.45, 2.75) is 23.1 Å². The number of rotatable bonds is 7. The summed E-state index contributed by atoms with van der Waals surface area (Å²) >= 11 is 1.79. The fraction of sp³-hybridized carbons (Fsp3) is 0.316. The molecule has 6 heteroatoms. The summed E-state index contributed by atoms with van der Waals surface area (Å²) in [6.07, 6.45) is 0.486. The van der Waals surface area contributed by atoms with Gasteiger partial charge in [0.1, 0.15) is 0 Å². The van der Waals surface area contributed by atoms with Gasteiger partial charge < -0.3 is 15.5 Å². The molecule has 1 aliphatic rings. The fourth-order valence-electron chi connectivity index (χ4n) is 2.79. The molecule has 0 atom stereocenters. The first-order valence-electron chi connectivity index (χ1n) is 8.40. The van der Waals surface area contributed by atoms with E-state index in [0.717, 1.165) is 13.1 Å². The van der Waals surface area contributed by atoms with Gasteiger partial charge in [0.15, 0.2) is 0 Å². The van der Waals surface area contributed by atoms with E-state index in [1.54, 1.807) is 11.8 Å². The number of hydrogen-bond acceptors (Lipinski definition) is 4. The van der Waals surface area contributed by atoms with Gasteiger partial charge in [-0.25, -0.2) is 0 Å². The van der Waals surface area contributed by atoms with Crippen molar-refractivity contribution in [3.8, 4) is 0 Å². The van der Waals surface area contributed by atoms with Gasteiger partial charge in [-0.15, -0.1) is 12.4 Å². The molecular formula is C19H24ClN3OS. The van der Waals surface area contributed by atoms with E-state index in [1.165, 1.54) is 21.2 Å². The highest BCUT2D eigenvalue weighted by molar-refractivity contribution is 7.99. The minimum absolute atomic E-state index is 0. The lowest BCUT2D eigenvalue weighted by atomic mass is 10.2. The van der Waals surface area contributed by atoms with E-state index >= 15 is 0 Å². The van der Waals surface area contributed by atoms with Crippen LogP contribution in [0.2, 0.25) is 0 Å². The predicted octanol–water partition coefficient (Wildman–Crippen LogP) is 3.83. The zero-order chi connectivity index (χ0) is 16.8. The summed E-state index contributed by atoms with van der Waals surface area (Å²) in [4.78, 5) is 16.8. The molecule has 4 nitrogen and oxygen atoms in total. The molecule has 0 aromatic heterocycles. The maximum Gasteiger partial charge on any atom is 0.221 e. The topological polar surface area (TPSA) is 44.4 Å². The number of carbonyl (C=O) groups excluding carboxylic acids is 1. The largest absolute Gasteiger partial charge is 0.355 e. The molecule has 0 bridgehead atoms. The second kappa shape index (κ2) is 9.70. The maximum absolute atomic E-state index is 12.1. The number of halogens is 1. The van der Waals surface area contributed by atoms with Crippen LogP contribution in [-0.4, -0.2) is 32.1 Å². The Hall–Kier alpha value is -1.69. The van der Waals surface area contributed by atoms with Gasteiger partial charge in [0.05, 0.1) is 11.4 Å². The van der Waals surface area contributed by atoms with Crippen molar-refractivity contribution in [2.75, 3.05) is 31.1 Å². The average molecular weight is 378 g/mol. The first-order chi connectivity index (χ1) is 11.8. The Morgan fingerprint density at radius 3 is 2.20 bits per heavy atom. The lowest BCUT2D eigenvalue weighted by Gasteiger charge is -2.32. The van der Waals surface area contributed by atoms with Gasteiger partial charge in [-0.1, -0.05) is 43.0 Å². The van der Waals surface area contributed by atoms with Crippen LogP contribution in [0.25, 0.3) is 0 Å². The van der Waals surface area contributed by atoms with E-state index in [4.69, 9.17) is 0 Å². The van der Waals surface area contributed by atoms with Gasteiger partial charge in [0.2, 0.25) is 5.91 Å². The molecule has 0 unspecified atom stereocenters. The summed E-state index contributed by atoms with van der Waals surface area (Å²) in [6.45, 7) is 5.16. The van der Waals surface area contributed by atoms with Gasteiger partial charge in [-0.05, 0) is 30.8 Å². The molecule has 25 heavy (non-hydrogen) atoms. The van der Waals surface area contributed by atoms with Crippen LogP contribution in [0.3, 0.4) is 0 Å². The number of hydrogen-bond donors (Lipinski definition) is 2. The van der Waals surface area contributed by atoms with Crippen LogP contribution in [0.15, 0.2) is 58.3 Å². The summed E-state index contributed by atoms with van der Waals surface area (Å²) in [5.74, 6) is 0.0982. The smallest absolute Gasteiger partial charge is 0.221 e. The first-order valence-corrected chi connectivity index (χ1v) is 9.22. The molecule has 0 spiro atoms. The molecule has 0 aliphatic carbocycles. The maximum atomic E-state index is 12.1. The lowest BCUT2D eigenvalue weighted by Crippen LogP contribution is -2.34. The van der Waals surface area contributed by atoms with Crippen molar-refractivity contribution in [3.63, 3.8) is 0 Å². The molecule has 1 amide bonds. The number of amides is 1. The van der Waals surface area contributed by atoms with Gasteiger partial charge >= 0.3 is 0 Å². The Kier molecular flexibility index (Phi) is 7.62. The second-order valence-electron chi connectivity index (χ2n) is 5.64. The van der Waals surface area contributed by atoms with Crippen LogP contribution in [0, 0.1) is 0 Å². The third kappa shape index (κ3) is 4.91. The molecular weight excluding hydrogens is 354 g/mol. The zero-order valence-electron chi connectivity index (χ0n) is 14.3. The van der Waals surface area contributed by atoms with Crippen molar-refractivity contribution in [1.82, 2.24) is 10.6 Å². The Morgan fingerprint density at radius 2 is 1.60 bits per heavy atom. The van der Waals surface area contributed by atoms with E-state index in [-0.39, 0.29) is 18.3 Å². The van der Waals surface area contributed by atoms with Gasteiger partial charge in [0.25, 0.3) is 0 Å². The molecule has 3 rings (SSSR count). The van der Waals surface area contributed by atoms with Crippen LogP contribution in [-0.2, 0) is 4.79 Å². The fourth-order valence-corrected chi connectivity index (χ4v) is 3.89. The Morgan fingerprint density at radius 1 is 1.00 bits per heavy atom. The Labute approximate surface area is 159 Å². The van der Waals surface area contributed by atoms with Crippen LogP contribution in [0.1, 0.15) is 13.3 Å². The summed E-state index contributed by atoms with van der Waals surface area (Å²) in [5.41, 5.74) is 2.36. The molecule has 0 saturated heterocycles. The average Bonchev–Trinajstić information content (AvgIpc) is 2.62. The van der Waals surface area contributed by atoms with Crippen molar-refractivity contribution in [1.29, 1.82) is 0 Å². The summed E-state index contributed by atoms with van der Waals surface area (Å²) in [6, 6.07) is 16.8. The number of carbonyl (C=O) groups is 1. The van der Waals surface area contributed by atoms with Gasteiger partial charge in [-0.2, -0.15) is 0 Å². The number of fused-ring (bicyclic) bond motifs is 2. The van der Waals surface area contributed by atoms with Crippen LogP contribution in [0.5, 0.6) is 0 Å². The van der Waals surface area contributed by atoms with E-state index in [1.807, 2.05) is 0 Å². The third-order valence-electron chi connectivity index (χ3n) is 3.97. The van der Waals surface area contributed by atoms with Crippen molar-refractivity contribution < 1.29 is 4.79 Å². The standard InChI is InChI=1S/C19H23N3OS.ClH/c1-2-20-12-13-21-19(23)11-14-22-15-7-3-5-9-17(15)24-18-10-6-4-8-16(18)22;/h3-10,20H,2,11-14H2,1H3,(H,21,23);1H. The number of para-hydroxylation sites is 2. The Balaban J connectivity index is 0.00000225. The number of nitrogens with zero attached hydrogens (tertiary/aromatic N) is 1. The monoisotopic (exact) mass is 377 g/mol. The van der Waals surface area contributed by atoms with E-state index in [2.05, 4.69) is 71.0 Å². The van der Waals surface area contributed by atoms with E-state index in [0.29, 0.717) is 19.5 Å². The molecule has 2 aromatic carbocycles. The van der Waals surface area contributed by atoms with Crippen LogP contribution >= 0.6 is 24.2 Å². The SMILES string of the molecule is CCNCCNC(=O)CCN1c2ccccc2Sc2ccccc21.Cl. The molecule has 2 N–H and O–H groups in total. The summed E-state index contributed by atoms with van der Waals surface area (Å²) in [5, 5.41) is 6.18. The van der Waals surface area contributed by atoms with Crippen LogP contribution < -0.4 is 15.5 Å². The molecule has 1 heterocycles. The summed E-state index contributed by atoms with van der Waals surface area (Å²) < 4.78 is 0. The highest BCUT2D eigenvalue weighted by Gasteiger charge is 2.22. The zero-order valence-corrected chi connectivity index (χ0v) is 16.0. The molecule has 0 radical (unpaired) electrons. The predicted molar refractivity (Wildman–Crippen MR) is 107 cm³/mol. The molecule has 134 valence electrons.